The number of hydrogen-bond acceptors (Lipinski definition) is 7. The third-order valence-electron chi connectivity index (χ3n) is 11.2. The highest BCUT2D eigenvalue weighted by Gasteiger charge is 2.38. The molecule has 6 aromatic rings. The van der Waals surface area contributed by atoms with Crippen molar-refractivity contribution in [3.8, 4) is 28.7 Å². The number of rotatable bonds is 14. The molecule has 1 aromatic heterocycles. The number of aromatic hydroxyl groups is 3. The number of Topliss-reactive ketones (excluding diaryl/α,β-unsaturated/α-hetero) is 1. The Hall–Kier alpha value is -5.99. The second-order valence-corrected chi connectivity index (χ2v) is 14.4. The molecule has 5 aromatic carbocycles. The minimum Gasteiger partial charge on any atom is -0.508 e. The van der Waals surface area contributed by atoms with Gasteiger partial charge in [-0.3, -0.25) is 4.79 Å². The Labute approximate surface area is 321 Å². The van der Waals surface area contributed by atoms with Crippen molar-refractivity contribution >= 4 is 16.6 Å². The Bertz CT molecular complexity index is 2330. The maximum Gasteiger partial charge on any atom is 0.164 e. The number of nitrogens with one attached hydrogen (secondary N) is 1. The Morgan fingerprint density at radius 1 is 0.800 bits per heavy atom. The minimum atomic E-state index is -1.07. The number of hydrogen-bond donors (Lipinski definition) is 5. The van der Waals surface area contributed by atoms with E-state index in [0.717, 1.165) is 45.0 Å². The Morgan fingerprint density at radius 2 is 1.62 bits per heavy atom. The number of aromatic nitrogens is 1. The first-order valence-corrected chi connectivity index (χ1v) is 18.8. The number of methoxy groups -OCH3 is 2. The van der Waals surface area contributed by atoms with Gasteiger partial charge in [0, 0.05) is 42.1 Å². The second-order valence-electron chi connectivity index (χ2n) is 14.4. The molecule has 0 bridgehead atoms. The van der Waals surface area contributed by atoms with Crippen LogP contribution in [-0.2, 0) is 24.1 Å². The van der Waals surface area contributed by atoms with Crippen molar-refractivity contribution in [2.45, 2.75) is 56.5 Å². The molecule has 8 nitrogen and oxygen atoms in total. The maximum atomic E-state index is 14.5. The fourth-order valence-corrected chi connectivity index (χ4v) is 8.49. The average molecular weight is 738 g/mol. The quantitative estimate of drug-likeness (QED) is 0.0706. The van der Waals surface area contributed by atoms with Gasteiger partial charge in [-0.05, 0) is 106 Å². The highest BCUT2D eigenvalue weighted by molar-refractivity contribution is 5.89. The summed E-state index contributed by atoms with van der Waals surface area (Å²) >= 11 is 0. The van der Waals surface area contributed by atoms with E-state index in [0.29, 0.717) is 23.5 Å². The zero-order valence-electron chi connectivity index (χ0n) is 31.3. The molecule has 0 aliphatic heterocycles. The Kier molecular flexibility index (Phi) is 11.0. The van der Waals surface area contributed by atoms with E-state index in [1.165, 1.54) is 18.7 Å². The van der Waals surface area contributed by atoms with Gasteiger partial charge in [-0.25, -0.2) is 0 Å². The topological polar surface area (TPSA) is 132 Å². The van der Waals surface area contributed by atoms with Gasteiger partial charge in [0.15, 0.2) is 23.0 Å². The summed E-state index contributed by atoms with van der Waals surface area (Å²) in [5.74, 6) is -1.14. The van der Waals surface area contributed by atoms with Crippen LogP contribution in [0.5, 0.6) is 28.7 Å². The SMILES string of the molecule is CCc1ccc2ccccc2c1C1C=CC(C(Cc2cc[nH]c2)C(O)CC(=O)C(Cc2ccc(O)c(OC)c2)c2cccc(O)c2)c2ccc(O)c(OC)c21. The number of ketones is 1. The van der Waals surface area contributed by atoms with E-state index in [4.69, 9.17) is 9.47 Å². The average Bonchev–Trinajstić information content (AvgIpc) is 3.72. The lowest BCUT2D eigenvalue weighted by Gasteiger charge is -2.36. The van der Waals surface area contributed by atoms with Crippen molar-refractivity contribution in [2.24, 2.45) is 5.92 Å². The van der Waals surface area contributed by atoms with E-state index in [2.05, 4.69) is 48.3 Å². The molecule has 55 heavy (non-hydrogen) atoms. The molecule has 5 atom stereocenters. The minimum absolute atomic E-state index is 0.00567. The number of phenols is 3. The monoisotopic (exact) mass is 737 g/mol. The number of benzene rings is 5. The van der Waals surface area contributed by atoms with Crippen LogP contribution in [0.4, 0.5) is 0 Å². The highest BCUT2D eigenvalue weighted by Crippen LogP contribution is 2.51. The number of aryl methyl sites for hydroxylation is 1. The first-order chi connectivity index (χ1) is 26.7. The van der Waals surface area contributed by atoms with Gasteiger partial charge >= 0.3 is 0 Å². The van der Waals surface area contributed by atoms with Gasteiger partial charge in [0.25, 0.3) is 0 Å². The third kappa shape index (κ3) is 7.55. The molecule has 7 rings (SSSR count). The number of aliphatic hydroxyl groups excluding tert-OH is 1. The molecule has 282 valence electrons. The van der Waals surface area contributed by atoms with Gasteiger partial charge in [0.1, 0.15) is 11.5 Å². The molecule has 8 heteroatoms. The molecule has 0 saturated heterocycles. The fraction of sp³-hybridized carbons (Fsp3) is 0.255. The molecule has 0 fully saturated rings. The number of fused-ring (bicyclic) bond motifs is 2. The number of ether oxygens (including phenoxy) is 2. The van der Waals surface area contributed by atoms with Crippen LogP contribution in [0.3, 0.4) is 0 Å². The summed E-state index contributed by atoms with van der Waals surface area (Å²) in [6, 6.07) is 29.8. The molecule has 5 N–H and O–H groups in total. The van der Waals surface area contributed by atoms with Crippen LogP contribution in [0.15, 0.2) is 122 Å². The van der Waals surface area contributed by atoms with Crippen molar-refractivity contribution < 1.29 is 34.7 Å². The summed E-state index contributed by atoms with van der Waals surface area (Å²) in [4.78, 5) is 17.6. The van der Waals surface area contributed by atoms with E-state index in [9.17, 15) is 25.2 Å². The van der Waals surface area contributed by atoms with Crippen molar-refractivity contribution in [3.63, 3.8) is 0 Å². The van der Waals surface area contributed by atoms with Crippen molar-refractivity contribution in [3.05, 3.63) is 161 Å². The van der Waals surface area contributed by atoms with E-state index in [-0.39, 0.29) is 47.7 Å². The van der Waals surface area contributed by atoms with Gasteiger partial charge in [0.05, 0.1) is 20.3 Å². The normalized spacial score (nSPS) is 16.7. The largest absolute Gasteiger partial charge is 0.508 e. The van der Waals surface area contributed by atoms with Gasteiger partial charge in [-0.1, -0.05) is 79.7 Å². The fourth-order valence-electron chi connectivity index (χ4n) is 8.49. The molecule has 1 aliphatic rings. The Balaban J connectivity index is 1.29. The maximum absolute atomic E-state index is 14.5. The molecule has 0 amide bonds. The number of carbonyl (C=O) groups excluding carboxylic acids is 1. The molecule has 0 saturated carbocycles. The molecular weight excluding hydrogens is 691 g/mol. The molecule has 1 aliphatic carbocycles. The van der Waals surface area contributed by atoms with Crippen LogP contribution in [-0.4, -0.2) is 51.5 Å². The number of phenolic OH excluding ortho intramolecular Hbond substituents is 3. The van der Waals surface area contributed by atoms with Gasteiger partial charge in [-0.15, -0.1) is 0 Å². The van der Waals surface area contributed by atoms with E-state index >= 15 is 0 Å². The second kappa shape index (κ2) is 16.2. The summed E-state index contributed by atoms with van der Waals surface area (Å²) in [7, 11) is 3.04. The van der Waals surface area contributed by atoms with Crippen LogP contribution >= 0.6 is 0 Å². The standard InChI is InChI=1S/C47H47NO7/c1-4-30-13-14-31-8-5-6-11-34(31)45(30)37-16-15-35(36-17-19-41(51)47(55-3)46(36)37)39(23-29-20-21-48-27-29)43(53)26-42(52)38(32-9-7-10-33(49)25-32)22-28-12-18-40(50)44(24-28)54-2/h5-21,24-25,27,35,37-39,43,48-51,53H,4,22-23,26H2,1-3H3. The van der Waals surface area contributed by atoms with Crippen molar-refractivity contribution in [1.82, 2.24) is 4.98 Å². The van der Waals surface area contributed by atoms with E-state index in [1.54, 1.807) is 49.6 Å². The van der Waals surface area contributed by atoms with E-state index in [1.807, 2.05) is 36.7 Å². The number of aromatic amines is 1. The zero-order valence-corrected chi connectivity index (χ0v) is 31.3. The number of H-pyrrole nitrogens is 1. The summed E-state index contributed by atoms with van der Waals surface area (Å²) < 4.78 is 11.3. The van der Waals surface area contributed by atoms with Crippen LogP contribution < -0.4 is 9.47 Å². The number of carbonyl (C=O) groups is 1. The molecular formula is C47H47NO7. The van der Waals surface area contributed by atoms with Crippen LogP contribution in [0.2, 0.25) is 0 Å². The van der Waals surface area contributed by atoms with Crippen LogP contribution in [0.1, 0.15) is 70.0 Å². The first kappa shape index (κ1) is 37.3. The summed E-state index contributed by atoms with van der Waals surface area (Å²) in [5, 5.41) is 46.4. The Morgan fingerprint density at radius 3 is 2.36 bits per heavy atom. The first-order valence-electron chi connectivity index (χ1n) is 18.8. The molecule has 0 spiro atoms. The van der Waals surface area contributed by atoms with Gasteiger partial charge in [-0.2, -0.15) is 0 Å². The summed E-state index contributed by atoms with van der Waals surface area (Å²) in [6.45, 7) is 2.14. The van der Waals surface area contributed by atoms with Crippen molar-refractivity contribution in [2.75, 3.05) is 14.2 Å². The highest BCUT2D eigenvalue weighted by atomic mass is 16.5. The van der Waals surface area contributed by atoms with Gasteiger partial charge < -0.3 is 34.9 Å². The number of aliphatic hydroxyl groups is 1. The molecule has 0 radical (unpaired) electrons. The lowest BCUT2D eigenvalue weighted by Crippen LogP contribution is -2.33. The van der Waals surface area contributed by atoms with E-state index < -0.39 is 17.9 Å². The third-order valence-corrected chi connectivity index (χ3v) is 11.2. The molecule has 5 unspecified atom stereocenters. The summed E-state index contributed by atoms with van der Waals surface area (Å²) in [5.41, 5.74) is 6.49. The van der Waals surface area contributed by atoms with Crippen molar-refractivity contribution in [1.29, 1.82) is 0 Å². The van der Waals surface area contributed by atoms with Crippen LogP contribution in [0, 0.1) is 5.92 Å². The van der Waals surface area contributed by atoms with Crippen LogP contribution in [0.25, 0.3) is 10.8 Å². The molecule has 1 heterocycles. The van der Waals surface area contributed by atoms with Gasteiger partial charge in [0.2, 0.25) is 0 Å². The smallest absolute Gasteiger partial charge is 0.164 e. The zero-order chi connectivity index (χ0) is 38.6. The number of allylic oxidation sites excluding steroid dienone is 2. The summed E-state index contributed by atoms with van der Waals surface area (Å²) in [6.07, 6.45) is 8.43. The predicted molar refractivity (Wildman–Crippen MR) is 215 cm³/mol. The lowest BCUT2D eigenvalue weighted by molar-refractivity contribution is -0.123. The lowest BCUT2D eigenvalue weighted by atomic mass is 9.69. The predicted octanol–water partition coefficient (Wildman–Crippen LogP) is 8.86.